The first-order valence-corrected chi connectivity index (χ1v) is 9.38. The summed E-state index contributed by atoms with van der Waals surface area (Å²) < 4.78 is 46.0. The van der Waals surface area contributed by atoms with Crippen molar-refractivity contribution in [2.24, 2.45) is 0 Å². The van der Waals surface area contributed by atoms with Gasteiger partial charge in [0.25, 0.3) is 0 Å². The van der Waals surface area contributed by atoms with E-state index < -0.39 is 17.7 Å². The smallest absolute Gasteiger partial charge is 0.170 e. The van der Waals surface area contributed by atoms with Crippen LogP contribution in [0.1, 0.15) is 39.6 Å². The number of halogens is 2. The van der Waals surface area contributed by atoms with Gasteiger partial charge in [0, 0.05) is 29.9 Å². The van der Waals surface area contributed by atoms with Crippen LogP contribution in [-0.2, 0) is 0 Å². The number of hydrogen-bond donors (Lipinski definition) is 0. The van der Waals surface area contributed by atoms with E-state index in [1.165, 1.54) is 19.2 Å². The van der Waals surface area contributed by atoms with Crippen LogP contribution in [0.15, 0.2) is 48.8 Å². The van der Waals surface area contributed by atoms with Crippen molar-refractivity contribution in [3.8, 4) is 17.2 Å². The molecule has 1 aliphatic heterocycles. The van der Waals surface area contributed by atoms with Gasteiger partial charge in [0.15, 0.2) is 28.9 Å². The molecule has 1 aliphatic rings. The SMILES string of the molecule is COc1ccc(C(Oc2c(F)cc3c(c2C)OCCC3=O)c2ccncc2)cc1F. The van der Waals surface area contributed by atoms with Crippen LogP contribution < -0.4 is 14.2 Å². The van der Waals surface area contributed by atoms with Crippen LogP contribution >= 0.6 is 0 Å². The molecular weight excluding hydrogens is 392 g/mol. The van der Waals surface area contributed by atoms with Crippen LogP contribution in [-0.4, -0.2) is 24.5 Å². The molecule has 2 aromatic carbocycles. The molecule has 1 unspecified atom stereocenters. The summed E-state index contributed by atoms with van der Waals surface area (Å²) in [4.78, 5) is 16.1. The quantitative estimate of drug-likeness (QED) is 0.603. The van der Waals surface area contributed by atoms with Gasteiger partial charge in [-0.3, -0.25) is 9.78 Å². The van der Waals surface area contributed by atoms with Gasteiger partial charge in [-0.2, -0.15) is 0 Å². The highest BCUT2D eigenvalue weighted by molar-refractivity contribution is 6.00. The Hall–Kier alpha value is -3.48. The lowest BCUT2D eigenvalue weighted by atomic mass is 9.99. The standard InChI is InChI=1S/C23H19F2NO4/c1-13-21-16(19(27)7-10-29-21)12-18(25)22(13)30-23(14-5-8-26-9-6-14)15-3-4-20(28-2)17(24)11-15/h3-6,8-9,11-12,23H,7,10H2,1-2H3. The molecule has 7 heteroatoms. The van der Waals surface area contributed by atoms with Crippen LogP contribution in [0.4, 0.5) is 8.78 Å². The molecular formula is C23H19F2NO4. The lowest BCUT2D eigenvalue weighted by molar-refractivity contribution is 0.0931. The maximum Gasteiger partial charge on any atom is 0.170 e. The minimum atomic E-state index is -0.820. The second kappa shape index (κ2) is 8.10. The van der Waals surface area contributed by atoms with E-state index >= 15 is 0 Å². The number of aromatic nitrogens is 1. The average Bonchev–Trinajstić information content (AvgIpc) is 2.75. The molecule has 30 heavy (non-hydrogen) atoms. The van der Waals surface area contributed by atoms with E-state index in [1.54, 1.807) is 37.5 Å². The fourth-order valence-electron chi connectivity index (χ4n) is 3.49. The molecule has 1 atom stereocenters. The van der Waals surface area contributed by atoms with Gasteiger partial charge in [-0.05, 0) is 42.8 Å². The summed E-state index contributed by atoms with van der Waals surface area (Å²) >= 11 is 0. The fourth-order valence-corrected chi connectivity index (χ4v) is 3.49. The van der Waals surface area contributed by atoms with Crippen molar-refractivity contribution in [3.63, 3.8) is 0 Å². The van der Waals surface area contributed by atoms with Crippen LogP contribution in [0, 0.1) is 18.6 Å². The summed E-state index contributed by atoms with van der Waals surface area (Å²) in [5.74, 6) is -1.06. The first-order chi connectivity index (χ1) is 14.5. The first kappa shape index (κ1) is 19.8. The Kier molecular flexibility index (Phi) is 5.35. The Morgan fingerprint density at radius 1 is 1.07 bits per heavy atom. The highest BCUT2D eigenvalue weighted by Gasteiger charge is 2.28. The Labute approximate surface area is 172 Å². The monoisotopic (exact) mass is 411 g/mol. The van der Waals surface area contributed by atoms with E-state index in [2.05, 4.69) is 4.98 Å². The number of ketones is 1. The van der Waals surface area contributed by atoms with Gasteiger partial charge in [0.1, 0.15) is 11.9 Å². The molecule has 0 saturated heterocycles. The fraction of sp³-hybridized carbons (Fsp3) is 0.217. The zero-order chi connectivity index (χ0) is 21.3. The highest BCUT2D eigenvalue weighted by atomic mass is 19.1. The van der Waals surface area contributed by atoms with E-state index in [0.717, 1.165) is 6.07 Å². The molecule has 0 radical (unpaired) electrons. The number of Topliss-reactive ketones (excluding diaryl/α,β-unsaturated/α-hetero) is 1. The summed E-state index contributed by atoms with van der Waals surface area (Å²) in [5, 5.41) is 0. The van der Waals surface area contributed by atoms with Crippen molar-refractivity contribution < 1.29 is 27.8 Å². The number of hydrogen-bond acceptors (Lipinski definition) is 5. The summed E-state index contributed by atoms with van der Waals surface area (Å²) in [7, 11) is 1.38. The van der Waals surface area contributed by atoms with E-state index in [4.69, 9.17) is 14.2 Å². The minimum absolute atomic E-state index is 0.0542. The largest absolute Gasteiger partial charge is 0.494 e. The van der Waals surface area contributed by atoms with Gasteiger partial charge in [0.2, 0.25) is 0 Å². The van der Waals surface area contributed by atoms with E-state index in [-0.39, 0.29) is 35.9 Å². The molecule has 0 spiro atoms. The average molecular weight is 411 g/mol. The summed E-state index contributed by atoms with van der Waals surface area (Å²) in [6.45, 7) is 1.86. The lowest BCUT2D eigenvalue weighted by Gasteiger charge is -2.25. The summed E-state index contributed by atoms with van der Waals surface area (Å²) in [6, 6.07) is 8.97. The number of methoxy groups -OCH3 is 1. The lowest BCUT2D eigenvalue weighted by Crippen LogP contribution is -2.18. The van der Waals surface area contributed by atoms with Gasteiger partial charge in [-0.1, -0.05) is 6.07 Å². The number of ether oxygens (including phenoxy) is 3. The molecule has 154 valence electrons. The Balaban J connectivity index is 1.80. The molecule has 2 heterocycles. The van der Waals surface area contributed by atoms with Gasteiger partial charge in [-0.25, -0.2) is 8.78 Å². The van der Waals surface area contributed by atoms with Gasteiger partial charge >= 0.3 is 0 Å². The third-order valence-corrected chi connectivity index (χ3v) is 5.01. The van der Waals surface area contributed by atoms with Gasteiger partial charge in [-0.15, -0.1) is 0 Å². The van der Waals surface area contributed by atoms with Crippen molar-refractivity contribution in [1.29, 1.82) is 0 Å². The number of rotatable bonds is 5. The van der Waals surface area contributed by atoms with Crippen LogP contribution in [0.2, 0.25) is 0 Å². The Morgan fingerprint density at radius 3 is 2.53 bits per heavy atom. The molecule has 0 amide bonds. The first-order valence-electron chi connectivity index (χ1n) is 9.38. The van der Waals surface area contributed by atoms with Gasteiger partial charge in [0.05, 0.1) is 19.3 Å². The number of nitrogens with zero attached hydrogens (tertiary/aromatic N) is 1. The maximum atomic E-state index is 15.0. The predicted molar refractivity (Wildman–Crippen MR) is 105 cm³/mol. The van der Waals surface area contributed by atoms with Crippen LogP contribution in [0.3, 0.4) is 0 Å². The second-order valence-corrected chi connectivity index (χ2v) is 6.88. The topological polar surface area (TPSA) is 57.7 Å². The minimum Gasteiger partial charge on any atom is -0.494 e. The zero-order valence-electron chi connectivity index (χ0n) is 16.4. The van der Waals surface area contributed by atoms with Crippen molar-refractivity contribution in [2.75, 3.05) is 13.7 Å². The van der Waals surface area contributed by atoms with Crippen LogP contribution in [0.5, 0.6) is 17.2 Å². The third kappa shape index (κ3) is 3.58. The summed E-state index contributed by atoms with van der Waals surface area (Å²) in [6.07, 6.45) is 2.53. The third-order valence-electron chi connectivity index (χ3n) is 5.01. The molecule has 0 saturated carbocycles. The highest BCUT2D eigenvalue weighted by Crippen LogP contribution is 2.40. The Morgan fingerprint density at radius 2 is 1.83 bits per heavy atom. The molecule has 5 nitrogen and oxygen atoms in total. The number of fused-ring (bicyclic) bond motifs is 1. The molecule has 4 rings (SSSR count). The predicted octanol–water partition coefficient (Wildman–Crippen LogP) is 4.81. The van der Waals surface area contributed by atoms with E-state index in [1.807, 2.05) is 0 Å². The second-order valence-electron chi connectivity index (χ2n) is 6.88. The maximum absolute atomic E-state index is 15.0. The number of carbonyl (C=O) groups is 1. The van der Waals surface area contributed by atoms with E-state index in [9.17, 15) is 13.6 Å². The van der Waals surface area contributed by atoms with Gasteiger partial charge < -0.3 is 14.2 Å². The Bertz CT molecular complexity index is 1100. The number of carbonyl (C=O) groups excluding carboxylic acids is 1. The number of benzene rings is 2. The van der Waals surface area contributed by atoms with Crippen molar-refractivity contribution in [2.45, 2.75) is 19.4 Å². The molecule has 1 aromatic heterocycles. The molecule has 0 bridgehead atoms. The summed E-state index contributed by atoms with van der Waals surface area (Å²) in [5.41, 5.74) is 1.71. The zero-order valence-corrected chi connectivity index (χ0v) is 16.4. The van der Waals surface area contributed by atoms with E-state index in [0.29, 0.717) is 22.4 Å². The van der Waals surface area contributed by atoms with Crippen molar-refractivity contribution >= 4 is 5.78 Å². The molecule has 0 N–H and O–H groups in total. The molecule has 3 aromatic rings. The normalized spacial score (nSPS) is 13.9. The van der Waals surface area contributed by atoms with Crippen molar-refractivity contribution in [3.05, 3.63) is 82.7 Å². The van der Waals surface area contributed by atoms with Crippen molar-refractivity contribution in [1.82, 2.24) is 4.98 Å². The molecule has 0 fully saturated rings. The number of pyridine rings is 1. The molecule has 0 aliphatic carbocycles. The van der Waals surface area contributed by atoms with Crippen LogP contribution in [0.25, 0.3) is 0 Å².